The van der Waals surface area contributed by atoms with Crippen molar-refractivity contribution in [2.45, 2.75) is 20.8 Å². The molecule has 0 amide bonds. The lowest BCUT2D eigenvalue weighted by atomic mass is 9.86. The van der Waals surface area contributed by atoms with Gasteiger partial charge in [0.15, 0.2) is 5.78 Å². The molecular weight excluding hydrogens is 210 g/mol. The Morgan fingerprint density at radius 1 is 1.38 bits per heavy atom. The van der Waals surface area contributed by atoms with E-state index in [1.807, 2.05) is 0 Å². The van der Waals surface area contributed by atoms with Crippen molar-refractivity contribution in [2.24, 2.45) is 5.41 Å². The highest BCUT2D eigenvalue weighted by molar-refractivity contribution is 6.03. The van der Waals surface area contributed by atoms with Crippen molar-refractivity contribution in [2.75, 3.05) is 0 Å². The Hall–Kier alpha value is -1.91. The molecule has 0 atom stereocenters. The van der Waals surface area contributed by atoms with Crippen LogP contribution in [0.3, 0.4) is 0 Å². The van der Waals surface area contributed by atoms with E-state index < -0.39 is 10.3 Å². The Labute approximate surface area is 92.9 Å². The summed E-state index contributed by atoms with van der Waals surface area (Å²) in [4.78, 5) is 22.0. The zero-order valence-corrected chi connectivity index (χ0v) is 9.35. The van der Waals surface area contributed by atoms with Crippen LogP contribution in [0.2, 0.25) is 0 Å². The number of nitro groups is 1. The molecule has 0 spiro atoms. The van der Waals surface area contributed by atoms with Gasteiger partial charge >= 0.3 is 0 Å². The van der Waals surface area contributed by atoms with Gasteiger partial charge in [0, 0.05) is 5.41 Å². The molecule has 0 saturated heterocycles. The summed E-state index contributed by atoms with van der Waals surface area (Å²) < 4.78 is 0. The molecule has 0 aliphatic carbocycles. The molecule has 0 saturated carbocycles. The third-order valence-electron chi connectivity index (χ3n) is 2.10. The van der Waals surface area contributed by atoms with Crippen LogP contribution in [0.1, 0.15) is 31.1 Å². The Kier molecular flexibility index (Phi) is 2.98. The zero-order chi connectivity index (χ0) is 12.5. The standard InChI is InChI=1S/C11H13NO4/c1-11(2,3)10(14)8-5-4-7(13)6-9(8)12(15)16/h4-6,13H,1-3H3. The van der Waals surface area contributed by atoms with Crippen molar-refractivity contribution in [3.63, 3.8) is 0 Å². The number of benzene rings is 1. The third kappa shape index (κ3) is 2.36. The molecule has 5 nitrogen and oxygen atoms in total. The van der Waals surface area contributed by atoms with E-state index in [1.165, 1.54) is 12.1 Å². The van der Waals surface area contributed by atoms with Gasteiger partial charge in [0.1, 0.15) is 5.75 Å². The first-order valence-corrected chi connectivity index (χ1v) is 4.75. The normalized spacial score (nSPS) is 11.2. The minimum atomic E-state index is -0.693. The number of nitrogens with zero attached hydrogens (tertiary/aromatic N) is 1. The quantitative estimate of drug-likeness (QED) is 0.474. The number of carbonyl (C=O) groups excluding carboxylic acids is 1. The van der Waals surface area contributed by atoms with Crippen molar-refractivity contribution < 1.29 is 14.8 Å². The number of aromatic hydroxyl groups is 1. The number of phenolic OH excluding ortho intramolecular Hbond substituents is 1. The number of ketones is 1. The maximum Gasteiger partial charge on any atom is 0.283 e. The van der Waals surface area contributed by atoms with E-state index in [0.29, 0.717) is 0 Å². The molecule has 1 N–H and O–H groups in total. The maximum absolute atomic E-state index is 11.9. The Balaban J connectivity index is 3.34. The number of hydrogen-bond acceptors (Lipinski definition) is 4. The number of nitro benzene ring substituents is 1. The summed E-state index contributed by atoms with van der Waals surface area (Å²) in [6.45, 7) is 5.06. The van der Waals surface area contributed by atoms with Gasteiger partial charge in [-0.05, 0) is 12.1 Å². The van der Waals surface area contributed by atoms with Crippen molar-refractivity contribution in [1.82, 2.24) is 0 Å². The summed E-state index contributed by atoms with van der Waals surface area (Å²) >= 11 is 0. The Morgan fingerprint density at radius 2 is 1.94 bits per heavy atom. The fourth-order valence-corrected chi connectivity index (χ4v) is 1.27. The SMILES string of the molecule is CC(C)(C)C(=O)c1ccc(O)cc1[N+](=O)[O-]. The molecule has 1 aromatic rings. The smallest absolute Gasteiger partial charge is 0.283 e. The minimum absolute atomic E-state index is 0.0234. The summed E-state index contributed by atoms with van der Waals surface area (Å²) in [5, 5.41) is 19.9. The average molecular weight is 223 g/mol. The number of phenols is 1. The van der Waals surface area contributed by atoms with Gasteiger partial charge in [0.2, 0.25) is 0 Å². The molecular formula is C11H13NO4. The topological polar surface area (TPSA) is 80.4 Å². The fourth-order valence-electron chi connectivity index (χ4n) is 1.27. The number of carbonyl (C=O) groups is 1. The Morgan fingerprint density at radius 3 is 2.38 bits per heavy atom. The van der Waals surface area contributed by atoms with Gasteiger partial charge in [0.05, 0.1) is 16.6 Å². The highest BCUT2D eigenvalue weighted by Crippen LogP contribution is 2.29. The third-order valence-corrected chi connectivity index (χ3v) is 2.10. The van der Waals surface area contributed by atoms with Crippen LogP contribution >= 0.6 is 0 Å². The second-order valence-corrected chi connectivity index (χ2v) is 4.54. The van der Waals surface area contributed by atoms with Gasteiger partial charge < -0.3 is 5.11 Å². The van der Waals surface area contributed by atoms with Crippen molar-refractivity contribution in [3.05, 3.63) is 33.9 Å². The monoisotopic (exact) mass is 223 g/mol. The van der Waals surface area contributed by atoms with Crippen LogP contribution in [0.4, 0.5) is 5.69 Å². The van der Waals surface area contributed by atoms with E-state index in [0.717, 1.165) is 6.07 Å². The lowest BCUT2D eigenvalue weighted by molar-refractivity contribution is -0.385. The first-order valence-electron chi connectivity index (χ1n) is 4.75. The summed E-state index contributed by atoms with van der Waals surface area (Å²) in [6.07, 6.45) is 0. The van der Waals surface area contributed by atoms with Crippen LogP contribution in [0.25, 0.3) is 0 Å². The highest BCUT2D eigenvalue weighted by Gasteiger charge is 2.29. The van der Waals surface area contributed by atoms with Crippen LogP contribution in [-0.2, 0) is 0 Å². The van der Waals surface area contributed by atoms with E-state index in [4.69, 9.17) is 5.11 Å². The van der Waals surface area contributed by atoms with Crippen molar-refractivity contribution in [1.29, 1.82) is 0 Å². The molecule has 0 aliphatic heterocycles. The van der Waals surface area contributed by atoms with E-state index >= 15 is 0 Å². The molecule has 1 aromatic carbocycles. The van der Waals surface area contributed by atoms with E-state index in [9.17, 15) is 14.9 Å². The molecule has 16 heavy (non-hydrogen) atoms. The van der Waals surface area contributed by atoms with E-state index in [-0.39, 0.29) is 22.8 Å². The molecule has 1 rings (SSSR count). The van der Waals surface area contributed by atoms with Gasteiger partial charge in [0.25, 0.3) is 5.69 Å². The molecule has 5 heteroatoms. The zero-order valence-electron chi connectivity index (χ0n) is 9.35. The second-order valence-electron chi connectivity index (χ2n) is 4.54. The maximum atomic E-state index is 11.9. The van der Waals surface area contributed by atoms with Crippen LogP contribution in [0.15, 0.2) is 18.2 Å². The largest absolute Gasteiger partial charge is 0.508 e. The van der Waals surface area contributed by atoms with Crippen LogP contribution in [0, 0.1) is 15.5 Å². The minimum Gasteiger partial charge on any atom is -0.508 e. The number of Topliss-reactive ketones (excluding diaryl/α,β-unsaturated/α-hetero) is 1. The Bertz CT molecular complexity index is 446. The van der Waals surface area contributed by atoms with Gasteiger partial charge in [-0.2, -0.15) is 0 Å². The lowest BCUT2D eigenvalue weighted by Gasteiger charge is -2.16. The van der Waals surface area contributed by atoms with Crippen molar-refractivity contribution >= 4 is 11.5 Å². The summed E-state index contributed by atoms with van der Waals surface area (Å²) in [5.41, 5.74) is -1.03. The summed E-state index contributed by atoms with van der Waals surface area (Å²) in [5.74, 6) is -0.545. The molecule has 0 bridgehead atoms. The first-order chi connectivity index (χ1) is 7.23. The highest BCUT2D eigenvalue weighted by atomic mass is 16.6. The van der Waals surface area contributed by atoms with Gasteiger partial charge in [-0.25, -0.2) is 0 Å². The molecule has 0 radical (unpaired) electrons. The molecule has 0 aromatic heterocycles. The second kappa shape index (κ2) is 3.92. The predicted molar refractivity (Wildman–Crippen MR) is 58.5 cm³/mol. The molecule has 86 valence electrons. The van der Waals surface area contributed by atoms with Crippen LogP contribution in [0.5, 0.6) is 5.75 Å². The lowest BCUT2D eigenvalue weighted by Crippen LogP contribution is -2.21. The van der Waals surface area contributed by atoms with E-state index in [2.05, 4.69) is 0 Å². The van der Waals surface area contributed by atoms with E-state index in [1.54, 1.807) is 20.8 Å². The fraction of sp³-hybridized carbons (Fsp3) is 0.364. The average Bonchev–Trinajstić information content (AvgIpc) is 2.15. The summed E-state index contributed by atoms with van der Waals surface area (Å²) in [6, 6.07) is 3.53. The molecule has 0 aliphatic rings. The predicted octanol–water partition coefficient (Wildman–Crippen LogP) is 2.53. The molecule has 0 fully saturated rings. The van der Waals surface area contributed by atoms with Crippen LogP contribution in [-0.4, -0.2) is 15.8 Å². The van der Waals surface area contributed by atoms with Crippen LogP contribution < -0.4 is 0 Å². The summed E-state index contributed by atoms with van der Waals surface area (Å²) in [7, 11) is 0. The van der Waals surface area contributed by atoms with Gasteiger partial charge in [-0.3, -0.25) is 14.9 Å². The van der Waals surface area contributed by atoms with Crippen molar-refractivity contribution in [3.8, 4) is 5.75 Å². The number of hydrogen-bond donors (Lipinski definition) is 1. The number of rotatable bonds is 2. The van der Waals surface area contributed by atoms with Gasteiger partial charge in [-0.1, -0.05) is 20.8 Å². The first kappa shape index (κ1) is 12.2. The van der Waals surface area contributed by atoms with Gasteiger partial charge in [-0.15, -0.1) is 0 Å². The molecule has 0 unspecified atom stereocenters. The molecule has 0 heterocycles.